The van der Waals surface area contributed by atoms with Crippen molar-refractivity contribution in [1.82, 2.24) is 4.98 Å². The van der Waals surface area contributed by atoms with Crippen LogP contribution in [0.3, 0.4) is 0 Å². The van der Waals surface area contributed by atoms with Gasteiger partial charge in [0.05, 0.1) is 6.54 Å². The van der Waals surface area contributed by atoms with Crippen LogP contribution in [0.15, 0.2) is 47.1 Å². The van der Waals surface area contributed by atoms with Crippen molar-refractivity contribution in [2.45, 2.75) is 6.54 Å². The van der Waals surface area contributed by atoms with Gasteiger partial charge in [-0.2, -0.15) is 0 Å². The maximum absolute atomic E-state index is 3.40. The van der Waals surface area contributed by atoms with E-state index in [4.69, 9.17) is 0 Å². The number of aromatic nitrogens is 1. The van der Waals surface area contributed by atoms with E-state index >= 15 is 0 Å². The van der Waals surface area contributed by atoms with Gasteiger partial charge in [0.25, 0.3) is 0 Å². The molecule has 2 rings (SSSR count). The lowest BCUT2D eigenvalue weighted by atomic mass is 10.3. The zero-order valence-electron chi connectivity index (χ0n) is 7.63. The first-order chi connectivity index (χ1) is 6.84. The topological polar surface area (TPSA) is 27.8 Å². The molecule has 2 aromatic rings. The summed E-state index contributed by atoms with van der Waals surface area (Å²) >= 11 is 3.40. The Bertz CT molecular complexity index is 378. The summed E-state index contributed by atoms with van der Waals surface area (Å²) in [6.07, 6.45) is 1.93. The molecule has 0 bridgehead atoms. The summed E-state index contributed by atoms with van der Waals surface area (Å²) in [5.41, 5.74) is 2.32. The Kier molecular flexibility index (Phi) is 2.89. The lowest BCUT2D eigenvalue weighted by Gasteiger charge is -2.04. The highest BCUT2D eigenvalue weighted by molar-refractivity contribution is 9.10. The van der Waals surface area contributed by atoms with Crippen LogP contribution >= 0.6 is 15.9 Å². The van der Waals surface area contributed by atoms with Crippen molar-refractivity contribution in [3.63, 3.8) is 0 Å². The van der Waals surface area contributed by atoms with Gasteiger partial charge in [-0.15, -0.1) is 0 Å². The van der Waals surface area contributed by atoms with Crippen molar-refractivity contribution < 1.29 is 0 Å². The number of benzene rings is 1. The Balaban J connectivity index is 1.95. The third-order valence-corrected chi connectivity index (χ3v) is 2.52. The maximum atomic E-state index is 3.40. The van der Waals surface area contributed by atoms with E-state index in [1.807, 2.05) is 36.5 Å². The minimum Gasteiger partial charge on any atom is -0.379 e. The van der Waals surface area contributed by atoms with Crippen LogP contribution in [0.4, 0.5) is 5.69 Å². The summed E-state index contributed by atoms with van der Waals surface area (Å²) < 4.78 is 1.10. The van der Waals surface area contributed by atoms with Crippen molar-refractivity contribution in [3.8, 4) is 0 Å². The molecule has 0 saturated carbocycles. The van der Waals surface area contributed by atoms with Crippen LogP contribution in [0.2, 0.25) is 0 Å². The number of halogens is 1. The highest BCUT2D eigenvalue weighted by atomic mass is 79.9. The van der Waals surface area contributed by atoms with Gasteiger partial charge in [-0.3, -0.25) is 0 Å². The standard InChI is InChI=1S/C11H11BrN2/c12-9-3-5-10(6-4-9)14-8-11-2-1-7-13-11/h1-7,13-14H,8H2. The molecule has 72 valence electrons. The van der Waals surface area contributed by atoms with Gasteiger partial charge in [0.2, 0.25) is 0 Å². The molecule has 2 nitrogen and oxygen atoms in total. The lowest BCUT2D eigenvalue weighted by Crippen LogP contribution is -1.98. The number of aromatic amines is 1. The number of nitrogens with one attached hydrogen (secondary N) is 2. The molecule has 0 fully saturated rings. The summed E-state index contributed by atoms with van der Waals surface area (Å²) in [4.78, 5) is 3.15. The van der Waals surface area contributed by atoms with Crippen molar-refractivity contribution in [1.29, 1.82) is 0 Å². The lowest BCUT2D eigenvalue weighted by molar-refractivity contribution is 1.07. The molecule has 0 radical (unpaired) electrons. The molecule has 1 aromatic carbocycles. The zero-order valence-corrected chi connectivity index (χ0v) is 9.21. The summed E-state index contributed by atoms with van der Waals surface area (Å²) in [7, 11) is 0. The van der Waals surface area contributed by atoms with Crippen LogP contribution in [0, 0.1) is 0 Å². The second kappa shape index (κ2) is 4.33. The normalized spacial score (nSPS) is 10.1. The number of anilines is 1. The van der Waals surface area contributed by atoms with E-state index < -0.39 is 0 Å². The predicted molar refractivity (Wildman–Crippen MR) is 62.3 cm³/mol. The Hall–Kier alpha value is -1.22. The molecule has 0 atom stereocenters. The summed E-state index contributed by atoms with van der Waals surface area (Å²) in [6.45, 7) is 0.828. The first-order valence-corrected chi connectivity index (χ1v) is 5.25. The molecular formula is C11H11BrN2. The minimum absolute atomic E-state index is 0.828. The first kappa shape index (κ1) is 9.34. The van der Waals surface area contributed by atoms with Crippen molar-refractivity contribution >= 4 is 21.6 Å². The molecule has 0 amide bonds. The molecule has 1 heterocycles. The number of hydrogen-bond acceptors (Lipinski definition) is 1. The van der Waals surface area contributed by atoms with Crippen LogP contribution in [-0.2, 0) is 6.54 Å². The van der Waals surface area contributed by atoms with Gasteiger partial charge in [-0.05, 0) is 36.4 Å². The van der Waals surface area contributed by atoms with Crippen molar-refractivity contribution in [3.05, 3.63) is 52.8 Å². The highest BCUT2D eigenvalue weighted by Crippen LogP contribution is 2.14. The van der Waals surface area contributed by atoms with Crippen LogP contribution in [-0.4, -0.2) is 4.98 Å². The molecule has 14 heavy (non-hydrogen) atoms. The highest BCUT2D eigenvalue weighted by Gasteiger charge is 1.93. The van der Waals surface area contributed by atoms with E-state index in [0.717, 1.165) is 16.7 Å². The average molecular weight is 251 g/mol. The molecule has 0 unspecified atom stereocenters. The monoisotopic (exact) mass is 250 g/mol. The van der Waals surface area contributed by atoms with Crippen molar-refractivity contribution in [2.24, 2.45) is 0 Å². The third-order valence-electron chi connectivity index (χ3n) is 1.99. The van der Waals surface area contributed by atoms with Gasteiger partial charge in [0, 0.05) is 22.1 Å². The molecule has 3 heteroatoms. The van der Waals surface area contributed by atoms with E-state index in [1.165, 1.54) is 5.69 Å². The quantitative estimate of drug-likeness (QED) is 0.859. The fourth-order valence-corrected chi connectivity index (χ4v) is 1.51. The molecule has 0 aliphatic carbocycles. The Morgan fingerprint density at radius 1 is 1.14 bits per heavy atom. The molecule has 2 N–H and O–H groups in total. The van der Waals surface area contributed by atoms with Crippen LogP contribution in [0.1, 0.15) is 5.69 Å². The average Bonchev–Trinajstić information content (AvgIpc) is 2.70. The summed E-state index contributed by atoms with van der Waals surface area (Å²) in [5, 5.41) is 3.32. The largest absolute Gasteiger partial charge is 0.379 e. The number of hydrogen-bond donors (Lipinski definition) is 2. The molecule has 0 aliphatic rings. The van der Waals surface area contributed by atoms with Crippen LogP contribution in [0.25, 0.3) is 0 Å². The summed E-state index contributed by atoms with van der Waals surface area (Å²) in [6, 6.07) is 12.2. The smallest absolute Gasteiger partial charge is 0.0551 e. The fourth-order valence-electron chi connectivity index (χ4n) is 1.24. The van der Waals surface area contributed by atoms with E-state index in [9.17, 15) is 0 Å². The zero-order chi connectivity index (χ0) is 9.80. The number of H-pyrrole nitrogens is 1. The molecule has 1 aromatic heterocycles. The molecule has 0 aliphatic heterocycles. The molecule has 0 spiro atoms. The van der Waals surface area contributed by atoms with Crippen LogP contribution in [0.5, 0.6) is 0 Å². The Labute approximate surface area is 91.5 Å². The van der Waals surface area contributed by atoms with Crippen molar-refractivity contribution in [2.75, 3.05) is 5.32 Å². The van der Waals surface area contributed by atoms with E-state index in [0.29, 0.717) is 0 Å². The van der Waals surface area contributed by atoms with E-state index in [-0.39, 0.29) is 0 Å². The second-order valence-electron chi connectivity index (χ2n) is 3.06. The fraction of sp³-hybridized carbons (Fsp3) is 0.0909. The Morgan fingerprint density at radius 2 is 1.93 bits per heavy atom. The minimum atomic E-state index is 0.828. The predicted octanol–water partition coefficient (Wildman–Crippen LogP) is 3.39. The van der Waals surface area contributed by atoms with Gasteiger partial charge in [0.1, 0.15) is 0 Å². The third kappa shape index (κ3) is 2.39. The number of rotatable bonds is 3. The van der Waals surface area contributed by atoms with E-state index in [1.54, 1.807) is 0 Å². The Morgan fingerprint density at radius 3 is 2.57 bits per heavy atom. The van der Waals surface area contributed by atoms with Gasteiger partial charge in [-0.25, -0.2) is 0 Å². The van der Waals surface area contributed by atoms with E-state index in [2.05, 4.69) is 32.3 Å². The summed E-state index contributed by atoms with van der Waals surface area (Å²) in [5.74, 6) is 0. The molecular weight excluding hydrogens is 240 g/mol. The maximum Gasteiger partial charge on any atom is 0.0551 e. The van der Waals surface area contributed by atoms with Gasteiger partial charge in [0.15, 0.2) is 0 Å². The van der Waals surface area contributed by atoms with Gasteiger partial charge in [-0.1, -0.05) is 15.9 Å². The second-order valence-corrected chi connectivity index (χ2v) is 3.97. The first-order valence-electron chi connectivity index (χ1n) is 4.46. The molecule has 0 saturated heterocycles. The van der Waals surface area contributed by atoms with Gasteiger partial charge < -0.3 is 10.3 Å². The van der Waals surface area contributed by atoms with Gasteiger partial charge >= 0.3 is 0 Å². The SMILES string of the molecule is Brc1ccc(NCc2ccc[nH]2)cc1. The van der Waals surface area contributed by atoms with Crippen LogP contribution < -0.4 is 5.32 Å².